The molecular formula is C19H27N5O4S. The molecule has 1 saturated carbocycles. The summed E-state index contributed by atoms with van der Waals surface area (Å²) in [6.45, 7) is 4.57. The van der Waals surface area contributed by atoms with E-state index in [1.165, 1.54) is 30.7 Å². The van der Waals surface area contributed by atoms with Crippen LogP contribution in [0.4, 0.5) is 5.69 Å². The first-order chi connectivity index (χ1) is 13.8. The molecule has 10 heteroatoms. The summed E-state index contributed by atoms with van der Waals surface area (Å²) in [6.07, 6.45) is 3.50. The van der Waals surface area contributed by atoms with Gasteiger partial charge in [0, 0.05) is 36.7 Å². The van der Waals surface area contributed by atoms with E-state index in [2.05, 4.69) is 35.3 Å². The molecule has 0 bridgehead atoms. The molecule has 0 spiro atoms. The van der Waals surface area contributed by atoms with E-state index in [4.69, 9.17) is 12.2 Å². The first-order valence-electron chi connectivity index (χ1n) is 9.66. The zero-order valence-electron chi connectivity index (χ0n) is 16.6. The van der Waals surface area contributed by atoms with Crippen LogP contribution in [0.2, 0.25) is 0 Å². The first-order valence-corrected chi connectivity index (χ1v) is 10.1. The van der Waals surface area contributed by atoms with Crippen molar-refractivity contribution in [2.75, 3.05) is 6.54 Å². The van der Waals surface area contributed by atoms with Crippen LogP contribution in [-0.4, -0.2) is 34.4 Å². The molecule has 9 nitrogen and oxygen atoms in total. The van der Waals surface area contributed by atoms with Crippen molar-refractivity contribution in [3.63, 3.8) is 0 Å². The highest BCUT2D eigenvalue weighted by atomic mass is 32.1. The summed E-state index contributed by atoms with van der Waals surface area (Å²) in [7, 11) is 0. The minimum atomic E-state index is -0.534. The second-order valence-electron chi connectivity index (χ2n) is 7.33. The minimum Gasteiger partial charge on any atom is -0.358 e. The molecule has 0 radical (unpaired) electrons. The van der Waals surface area contributed by atoms with Crippen molar-refractivity contribution in [2.24, 2.45) is 11.8 Å². The van der Waals surface area contributed by atoms with E-state index in [0.29, 0.717) is 16.9 Å². The van der Waals surface area contributed by atoms with Gasteiger partial charge in [0.2, 0.25) is 5.91 Å². The third-order valence-corrected chi connectivity index (χ3v) is 5.54. The molecule has 1 aromatic rings. The fourth-order valence-electron chi connectivity index (χ4n) is 3.31. The number of nitro groups is 1. The van der Waals surface area contributed by atoms with Gasteiger partial charge in [-0.3, -0.25) is 30.6 Å². The van der Waals surface area contributed by atoms with Gasteiger partial charge in [-0.1, -0.05) is 26.7 Å². The van der Waals surface area contributed by atoms with Gasteiger partial charge in [0.15, 0.2) is 5.11 Å². The van der Waals surface area contributed by atoms with Gasteiger partial charge in [-0.15, -0.1) is 0 Å². The van der Waals surface area contributed by atoms with Gasteiger partial charge in [0.25, 0.3) is 11.6 Å². The monoisotopic (exact) mass is 421 g/mol. The molecular weight excluding hydrogens is 394 g/mol. The van der Waals surface area contributed by atoms with Crippen molar-refractivity contribution < 1.29 is 14.5 Å². The van der Waals surface area contributed by atoms with Crippen LogP contribution in [-0.2, 0) is 4.79 Å². The summed E-state index contributed by atoms with van der Waals surface area (Å²) in [4.78, 5) is 34.0. The zero-order valence-corrected chi connectivity index (χ0v) is 17.4. The van der Waals surface area contributed by atoms with E-state index in [0.717, 1.165) is 12.8 Å². The van der Waals surface area contributed by atoms with Crippen LogP contribution in [0.15, 0.2) is 24.3 Å². The standard InChI is InChI=1S/C19H27N5O4S/c1-12-4-3-5-16(13(12)2)21-19(29)23-22-17(25)10-11-20-18(26)14-6-8-15(9-7-14)24(27)28/h6-9,12-13,16H,3-5,10-11H2,1-2H3,(H,20,26)(H,22,25)(H2,21,23,29)/t12-,13-,16+/m1/s1. The molecule has 158 valence electrons. The van der Waals surface area contributed by atoms with Crippen molar-refractivity contribution in [2.45, 2.75) is 45.6 Å². The third kappa shape index (κ3) is 6.97. The van der Waals surface area contributed by atoms with Crippen molar-refractivity contribution in [3.8, 4) is 0 Å². The second kappa shape index (κ2) is 10.7. The quantitative estimate of drug-likeness (QED) is 0.315. The smallest absolute Gasteiger partial charge is 0.269 e. The Bertz CT molecular complexity index is 755. The van der Waals surface area contributed by atoms with Crippen molar-refractivity contribution >= 4 is 34.8 Å². The maximum atomic E-state index is 12.0. The fraction of sp³-hybridized carbons (Fsp3) is 0.526. The number of rotatable bonds is 6. The Labute approximate surface area is 175 Å². The number of thiocarbonyl (C=S) groups is 1. The molecule has 0 aliphatic heterocycles. The van der Waals surface area contributed by atoms with E-state index in [-0.39, 0.29) is 36.2 Å². The second-order valence-corrected chi connectivity index (χ2v) is 7.74. The van der Waals surface area contributed by atoms with Crippen molar-refractivity contribution in [1.29, 1.82) is 0 Å². The van der Waals surface area contributed by atoms with E-state index in [1.54, 1.807) is 0 Å². The molecule has 29 heavy (non-hydrogen) atoms. The first kappa shape index (κ1) is 22.5. The van der Waals surface area contributed by atoms with Crippen LogP contribution in [0.1, 0.15) is 49.9 Å². The predicted octanol–water partition coefficient (Wildman–Crippen LogP) is 2.03. The number of benzene rings is 1. The van der Waals surface area contributed by atoms with Gasteiger partial charge < -0.3 is 10.6 Å². The van der Waals surface area contributed by atoms with Crippen LogP contribution < -0.4 is 21.5 Å². The normalized spacial score (nSPS) is 21.0. The van der Waals surface area contributed by atoms with E-state index < -0.39 is 10.8 Å². The average molecular weight is 422 g/mol. The van der Waals surface area contributed by atoms with E-state index in [9.17, 15) is 19.7 Å². The van der Waals surface area contributed by atoms with E-state index >= 15 is 0 Å². The number of carbonyl (C=O) groups is 2. The number of hydrogen-bond acceptors (Lipinski definition) is 5. The molecule has 0 saturated heterocycles. The number of hydrazine groups is 1. The minimum absolute atomic E-state index is 0.0607. The summed E-state index contributed by atoms with van der Waals surface area (Å²) in [5, 5.41) is 16.8. The van der Waals surface area contributed by atoms with Gasteiger partial charge in [-0.2, -0.15) is 0 Å². The van der Waals surface area contributed by atoms with Crippen molar-refractivity contribution in [3.05, 3.63) is 39.9 Å². The number of amides is 2. The molecule has 4 N–H and O–H groups in total. The Hall–Kier alpha value is -2.75. The third-order valence-electron chi connectivity index (χ3n) is 5.32. The Kier molecular flexibility index (Phi) is 8.32. The number of non-ortho nitro benzene ring substituents is 1. The van der Waals surface area contributed by atoms with Gasteiger partial charge in [0.05, 0.1) is 4.92 Å². The van der Waals surface area contributed by atoms with Crippen LogP contribution in [0.25, 0.3) is 0 Å². The molecule has 1 aliphatic rings. The van der Waals surface area contributed by atoms with Crippen LogP contribution in [0, 0.1) is 22.0 Å². The highest BCUT2D eigenvalue weighted by molar-refractivity contribution is 7.80. The van der Waals surface area contributed by atoms with Crippen LogP contribution >= 0.6 is 12.2 Å². The van der Waals surface area contributed by atoms with Crippen LogP contribution in [0.3, 0.4) is 0 Å². The van der Waals surface area contributed by atoms with Gasteiger partial charge in [-0.05, 0) is 42.6 Å². The molecule has 1 aromatic carbocycles. The zero-order chi connectivity index (χ0) is 21.4. The van der Waals surface area contributed by atoms with Crippen molar-refractivity contribution in [1.82, 2.24) is 21.5 Å². The molecule has 1 aliphatic carbocycles. The largest absolute Gasteiger partial charge is 0.358 e. The molecule has 2 amide bonds. The molecule has 0 heterocycles. The molecule has 1 fully saturated rings. The number of nitrogens with zero attached hydrogens (tertiary/aromatic N) is 1. The summed E-state index contributed by atoms with van der Waals surface area (Å²) < 4.78 is 0. The maximum absolute atomic E-state index is 12.0. The molecule has 0 aromatic heterocycles. The van der Waals surface area contributed by atoms with Gasteiger partial charge >= 0.3 is 0 Å². The molecule has 2 rings (SSSR count). The highest BCUT2D eigenvalue weighted by Gasteiger charge is 2.27. The number of nitro benzene ring substituents is 1. The Morgan fingerprint density at radius 3 is 2.52 bits per heavy atom. The predicted molar refractivity (Wildman–Crippen MR) is 113 cm³/mol. The topological polar surface area (TPSA) is 125 Å². The average Bonchev–Trinajstić information content (AvgIpc) is 2.70. The Morgan fingerprint density at radius 2 is 1.86 bits per heavy atom. The Balaban J connectivity index is 1.65. The lowest BCUT2D eigenvalue weighted by Gasteiger charge is -2.35. The SMILES string of the molecule is C[C@@H]1[C@H](C)CCC[C@@H]1NC(=S)NNC(=O)CCNC(=O)c1ccc([N+](=O)[O-])cc1. The summed E-state index contributed by atoms with van der Waals surface area (Å²) in [5.41, 5.74) is 5.41. The Morgan fingerprint density at radius 1 is 1.17 bits per heavy atom. The lowest BCUT2D eigenvalue weighted by molar-refractivity contribution is -0.384. The molecule has 0 unspecified atom stereocenters. The maximum Gasteiger partial charge on any atom is 0.269 e. The number of nitrogens with one attached hydrogen (secondary N) is 4. The summed E-state index contributed by atoms with van der Waals surface area (Å²) in [5.74, 6) is 0.424. The lowest BCUT2D eigenvalue weighted by atomic mass is 9.78. The molecule has 3 atom stereocenters. The number of carbonyl (C=O) groups excluding carboxylic acids is 2. The van der Waals surface area contributed by atoms with Gasteiger partial charge in [0.1, 0.15) is 0 Å². The highest BCUT2D eigenvalue weighted by Crippen LogP contribution is 2.29. The van der Waals surface area contributed by atoms with Crippen LogP contribution in [0.5, 0.6) is 0 Å². The van der Waals surface area contributed by atoms with E-state index in [1.807, 2.05) is 0 Å². The lowest BCUT2D eigenvalue weighted by Crippen LogP contribution is -2.52. The van der Waals surface area contributed by atoms with Gasteiger partial charge in [-0.25, -0.2) is 0 Å². The number of hydrogen-bond donors (Lipinski definition) is 4. The summed E-state index contributed by atoms with van der Waals surface area (Å²) >= 11 is 5.24. The summed E-state index contributed by atoms with van der Waals surface area (Å²) in [6, 6.07) is 5.54. The fourth-order valence-corrected chi connectivity index (χ4v) is 3.51.